The summed E-state index contributed by atoms with van der Waals surface area (Å²) in [5, 5.41) is 3.40. The van der Waals surface area contributed by atoms with E-state index in [0.717, 1.165) is 0 Å². The number of para-hydroxylation sites is 1. The maximum atomic E-state index is 11.6. The number of hydrogen-bond donors (Lipinski definition) is 2. The summed E-state index contributed by atoms with van der Waals surface area (Å²) in [6.07, 6.45) is 5.09. The van der Waals surface area contributed by atoms with Gasteiger partial charge in [0.15, 0.2) is 0 Å². The van der Waals surface area contributed by atoms with Crippen molar-refractivity contribution in [1.82, 2.24) is 9.97 Å². The molecule has 0 bridgehead atoms. The van der Waals surface area contributed by atoms with E-state index in [2.05, 4.69) is 21.2 Å². The fourth-order valence-corrected chi connectivity index (χ4v) is 1.30. The van der Waals surface area contributed by atoms with E-state index in [-0.39, 0.29) is 5.56 Å². The minimum absolute atomic E-state index is 0.167. The van der Waals surface area contributed by atoms with Crippen LogP contribution >= 0.6 is 0 Å². The quantitative estimate of drug-likeness (QED) is 0.708. The van der Waals surface area contributed by atoms with Gasteiger partial charge in [-0.15, -0.1) is 6.42 Å². The number of nitrogens with zero attached hydrogens (tertiary/aromatic N) is 1. The Balaban J connectivity index is 2.54. The zero-order valence-corrected chi connectivity index (χ0v) is 7.95. The molecule has 0 unspecified atom stereocenters. The first-order valence-electron chi connectivity index (χ1n) is 4.47. The average Bonchev–Trinajstić information content (AvgIpc) is 2.26. The van der Waals surface area contributed by atoms with Crippen LogP contribution in [0.2, 0.25) is 0 Å². The van der Waals surface area contributed by atoms with Gasteiger partial charge in [0.05, 0.1) is 17.4 Å². The molecule has 4 heteroatoms. The van der Waals surface area contributed by atoms with Crippen LogP contribution in [0.25, 0.3) is 10.9 Å². The van der Waals surface area contributed by atoms with Gasteiger partial charge in [0.2, 0.25) is 5.95 Å². The van der Waals surface area contributed by atoms with Crippen molar-refractivity contribution in [2.75, 3.05) is 11.9 Å². The summed E-state index contributed by atoms with van der Waals surface area (Å²) in [6.45, 7) is 0.335. The minimum Gasteiger partial charge on any atom is -0.345 e. The highest BCUT2D eigenvalue weighted by Gasteiger charge is 2.01. The first kappa shape index (κ1) is 9.28. The van der Waals surface area contributed by atoms with Crippen molar-refractivity contribution in [3.63, 3.8) is 0 Å². The lowest BCUT2D eigenvalue weighted by Gasteiger charge is -2.02. The lowest BCUT2D eigenvalue weighted by molar-refractivity contribution is 1.13. The van der Waals surface area contributed by atoms with Crippen molar-refractivity contribution in [1.29, 1.82) is 0 Å². The highest BCUT2D eigenvalue weighted by molar-refractivity contribution is 5.78. The van der Waals surface area contributed by atoms with Crippen molar-refractivity contribution in [3.05, 3.63) is 34.6 Å². The van der Waals surface area contributed by atoms with Crippen LogP contribution in [0.4, 0.5) is 5.95 Å². The molecule has 2 rings (SSSR count). The van der Waals surface area contributed by atoms with Crippen molar-refractivity contribution in [3.8, 4) is 12.3 Å². The molecular weight excluding hydrogens is 190 g/mol. The second kappa shape index (κ2) is 3.84. The Bertz CT molecular complexity index is 580. The van der Waals surface area contributed by atoms with Crippen LogP contribution < -0.4 is 10.9 Å². The van der Waals surface area contributed by atoms with Gasteiger partial charge in [-0.2, -0.15) is 0 Å². The SMILES string of the molecule is C#CCNc1nc2ccccc2c(=O)[nH]1. The number of H-pyrrole nitrogens is 1. The number of benzene rings is 1. The van der Waals surface area contributed by atoms with E-state index < -0.39 is 0 Å². The molecule has 74 valence electrons. The molecule has 1 heterocycles. The smallest absolute Gasteiger partial charge is 0.260 e. The summed E-state index contributed by atoms with van der Waals surface area (Å²) < 4.78 is 0. The van der Waals surface area contributed by atoms with Gasteiger partial charge >= 0.3 is 0 Å². The zero-order chi connectivity index (χ0) is 10.7. The van der Waals surface area contributed by atoms with Crippen molar-refractivity contribution < 1.29 is 0 Å². The van der Waals surface area contributed by atoms with Crippen LogP contribution in [-0.4, -0.2) is 16.5 Å². The lowest BCUT2D eigenvalue weighted by atomic mass is 10.2. The van der Waals surface area contributed by atoms with Gasteiger partial charge in [-0.25, -0.2) is 4.98 Å². The summed E-state index contributed by atoms with van der Waals surface area (Å²) in [5.74, 6) is 2.81. The molecule has 0 aliphatic heterocycles. The molecule has 0 saturated carbocycles. The molecule has 1 aromatic heterocycles. The van der Waals surface area contributed by atoms with Crippen molar-refractivity contribution in [2.45, 2.75) is 0 Å². The molecule has 2 aromatic rings. The second-order valence-corrected chi connectivity index (χ2v) is 2.99. The molecule has 0 aliphatic rings. The highest BCUT2D eigenvalue weighted by Crippen LogP contribution is 2.07. The molecule has 0 atom stereocenters. The van der Waals surface area contributed by atoms with Gasteiger partial charge in [-0.3, -0.25) is 9.78 Å². The van der Waals surface area contributed by atoms with Gasteiger partial charge in [0, 0.05) is 0 Å². The van der Waals surface area contributed by atoms with Gasteiger partial charge in [-0.1, -0.05) is 18.1 Å². The van der Waals surface area contributed by atoms with E-state index in [1.165, 1.54) is 0 Å². The highest BCUT2D eigenvalue weighted by atomic mass is 16.1. The fourth-order valence-electron chi connectivity index (χ4n) is 1.30. The number of terminal acetylenes is 1. The Morgan fingerprint density at radius 1 is 1.47 bits per heavy atom. The molecule has 0 spiro atoms. The normalized spacial score (nSPS) is 9.80. The summed E-state index contributed by atoms with van der Waals surface area (Å²) in [4.78, 5) is 18.4. The second-order valence-electron chi connectivity index (χ2n) is 2.99. The first-order chi connectivity index (χ1) is 7.31. The first-order valence-corrected chi connectivity index (χ1v) is 4.47. The molecule has 0 amide bonds. The van der Waals surface area contributed by atoms with E-state index in [1.807, 2.05) is 6.07 Å². The van der Waals surface area contributed by atoms with Crippen molar-refractivity contribution >= 4 is 16.9 Å². The molecule has 0 fully saturated rings. The number of aromatic nitrogens is 2. The van der Waals surface area contributed by atoms with E-state index in [0.29, 0.717) is 23.4 Å². The Kier molecular flexibility index (Phi) is 2.38. The topological polar surface area (TPSA) is 57.8 Å². The molecule has 0 aliphatic carbocycles. The summed E-state index contributed by atoms with van der Waals surface area (Å²) in [7, 11) is 0. The monoisotopic (exact) mass is 199 g/mol. The molecule has 0 saturated heterocycles. The number of rotatable bonds is 2. The fraction of sp³-hybridized carbons (Fsp3) is 0.0909. The maximum absolute atomic E-state index is 11.6. The van der Waals surface area contributed by atoms with Crippen LogP contribution in [0.15, 0.2) is 29.1 Å². The average molecular weight is 199 g/mol. The number of nitrogens with one attached hydrogen (secondary N) is 2. The predicted molar refractivity (Wildman–Crippen MR) is 59.7 cm³/mol. The number of aromatic amines is 1. The predicted octanol–water partition coefficient (Wildman–Crippen LogP) is 0.968. The van der Waals surface area contributed by atoms with E-state index in [4.69, 9.17) is 6.42 Å². The third kappa shape index (κ3) is 1.81. The third-order valence-electron chi connectivity index (χ3n) is 1.97. The number of fused-ring (bicyclic) bond motifs is 1. The maximum Gasteiger partial charge on any atom is 0.260 e. The largest absolute Gasteiger partial charge is 0.345 e. The number of hydrogen-bond acceptors (Lipinski definition) is 3. The molecule has 0 radical (unpaired) electrons. The molecule has 2 N–H and O–H groups in total. The summed E-state index contributed by atoms with van der Waals surface area (Å²) in [5.41, 5.74) is 0.487. The van der Waals surface area contributed by atoms with Crippen LogP contribution in [0.1, 0.15) is 0 Å². The van der Waals surface area contributed by atoms with E-state index >= 15 is 0 Å². The van der Waals surface area contributed by atoms with Gasteiger partial charge in [0.1, 0.15) is 0 Å². The Labute approximate surface area is 86.4 Å². The van der Waals surface area contributed by atoms with Gasteiger partial charge in [0.25, 0.3) is 5.56 Å². The van der Waals surface area contributed by atoms with Gasteiger partial charge < -0.3 is 5.32 Å². The Morgan fingerprint density at radius 2 is 2.27 bits per heavy atom. The van der Waals surface area contributed by atoms with E-state index in [9.17, 15) is 4.79 Å². The summed E-state index contributed by atoms with van der Waals surface area (Å²) >= 11 is 0. The Morgan fingerprint density at radius 3 is 3.07 bits per heavy atom. The Hall–Kier alpha value is -2.28. The zero-order valence-electron chi connectivity index (χ0n) is 7.95. The van der Waals surface area contributed by atoms with Gasteiger partial charge in [-0.05, 0) is 12.1 Å². The van der Waals surface area contributed by atoms with Crippen LogP contribution in [0, 0.1) is 12.3 Å². The number of anilines is 1. The molecule has 1 aromatic carbocycles. The minimum atomic E-state index is -0.167. The molecular formula is C11H9N3O. The van der Waals surface area contributed by atoms with Crippen LogP contribution in [-0.2, 0) is 0 Å². The van der Waals surface area contributed by atoms with Crippen LogP contribution in [0.3, 0.4) is 0 Å². The van der Waals surface area contributed by atoms with E-state index in [1.54, 1.807) is 18.2 Å². The standard InChI is InChI=1S/C11H9N3O/c1-2-7-12-11-13-9-6-4-3-5-8(9)10(15)14-11/h1,3-6H,7H2,(H2,12,13,14,15). The molecule has 4 nitrogen and oxygen atoms in total. The lowest BCUT2D eigenvalue weighted by Crippen LogP contribution is -2.13. The van der Waals surface area contributed by atoms with Crippen LogP contribution in [0.5, 0.6) is 0 Å². The third-order valence-corrected chi connectivity index (χ3v) is 1.97. The van der Waals surface area contributed by atoms with Crippen molar-refractivity contribution in [2.24, 2.45) is 0 Å². The summed E-state index contributed by atoms with van der Waals surface area (Å²) in [6, 6.07) is 7.14. The molecule has 15 heavy (non-hydrogen) atoms.